The lowest BCUT2D eigenvalue weighted by atomic mass is 10.5. The lowest BCUT2D eigenvalue weighted by molar-refractivity contribution is -0.683. The maximum atomic E-state index is 11.4. The molecule has 1 saturated heterocycles. The van der Waals surface area contributed by atoms with Gasteiger partial charge in [0.25, 0.3) is 0 Å². The standard InChI is InChI=1S/C8H14N6O6/c1-7(15)9-3-11(13(17)18)5-10(8(2)16)6-12(4-9)14(19)20/h3-6H2,1-2H3/i3+2. The first-order valence-electron chi connectivity index (χ1n) is 5.52. The second-order valence-electron chi connectivity index (χ2n) is 4.17. The molecule has 112 valence electrons. The van der Waals surface area contributed by atoms with Crippen LogP contribution in [-0.4, -0.2) is 68.4 Å². The first-order valence-corrected chi connectivity index (χ1v) is 5.52. The van der Waals surface area contributed by atoms with Crippen molar-refractivity contribution in [2.75, 3.05) is 26.7 Å². The monoisotopic (exact) mass is 292 g/mol. The molecule has 20 heavy (non-hydrogen) atoms. The molecule has 0 spiro atoms. The van der Waals surface area contributed by atoms with Gasteiger partial charge in [-0.1, -0.05) is 10.0 Å². The quantitative estimate of drug-likeness (QED) is 0.444. The van der Waals surface area contributed by atoms with Crippen LogP contribution in [0.4, 0.5) is 0 Å². The molecule has 1 heterocycles. The molecule has 1 fully saturated rings. The Labute approximate surface area is 113 Å². The molecule has 0 bridgehead atoms. The highest BCUT2D eigenvalue weighted by atomic mass is 16.7. The van der Waals surface area contributed by atoms with Gasteiger partial charge in [-0.05, 0) is 0 Å². The number of hydrogen-bond donors (Lipinski definition) is 0. The van der Waals surface area contributed by atoms with Gasteiger partial charge in [-0.2, -0.15) is 0 Å². The summed E-state index contributed by atoms with van der Waals surface area (Å²) in [4.78, 5) is 46.4. The van der Waals surface area contributed by atoms with Gasteiger partial charge in [0, 0.05) is 13.8 Å². The summed E-state index contributed by atoms with van der Waals surface area (Å²) in [7, 11) is 0. The Balaban J connectivity index is 3.02. The lowest BCUT2D eigenvalue weighted by Gasteiger charge is -2.34. The Hall–Kier alpha value is -2.66. The van der Waals surface area contributed by atoms with Crippen molar-refractivity contribution in [1.82, 2.24) is 19.8 Å². The van der Waals surface area contributed by atoms with Gasteiger partial charge in [-0.15, -0.1) is 0 Å². The molecule has 0 aliphatic carbocycles. The molecule has 0 aromatic heterocycles. The first kappa shape index (κ1) is 15.4. The van der Waals surface area contributed by atoms with Crippen molar-refractivity contribution in [2.45, 2.75) is 13.8 Å². The van der Waals surface area contributed by atoms with E-state index in [9.17, 15) is 29.8 Å². The van der Waals surface area contributed by atoms with Crippen LogP contribution in [0, 0.1) is 20.2 Å². The SMILES string of the molecule is CC(=O)N1CN([N+](=O)[O-])CN(C(C)=O)[14CH2]N([N+](=O)[O-])C1. The van der Waals surface area contributed by atoms with Gasteiger partial charge in [0.1, 0.15) is 0 Å². The van der Waals surface area contributed by atoms with Crippen LogP contribution in [0.1, 0.15) is 13.8 Å². The number of carbonyl (C=O) groups is 2. The maximum Gasteiger partial charge on any atom is 0.222 e. The van der Waals surface area contributed by atoms with E-state index in [0.717, 1.165) is 23.6 Å². The molecule has 0 aromatic rings. The van der Waals surface area contributed by atoms with E-state index in [2.05, 4.69) is 0 Å². The van der Waals surface area contributed by atoms with Crippen LogP contribution in [0.2, 0.25) is 0 Å². The second kappa shape index (κ2) is 5.99. The lowest BCUT2D eigenvalue weighted by Crippen LogP contribution is -2.58. The minimum absolute atomic E-state index is 0.448. The zero-order valence-corrected chi connectivity index (χ0v) is 11.0. The number of nitrogens with zero attached hydrogens (tertiary/aromatic N) is 6. The highest BCUT2D eigenvalue weighted by molar-refractivity contribution is 5.73. The van der Waals surface area contributed by atoms with E-state index in [1.54, 1.807) is 0 Å². The minimum atomic E-state index is -0.756. The van der Waals surface area contributed by atoms with Crippen molar-refractivity contribution in [1.29, 1.82) is 0 Å². The smallest absolute Gasteiger partial charge is 0.222 e. The van der Waals surface area contributed by atoms with Crippen molar-refractivity contribution >= 4 is 11.8 Å². The molecule has 12 heteroatoms. The predicted octanol–water partition coefficient (Wildman–Crippen LogP) is -1.49. The highest BCUT2D eigenvalue weighted by Gasteiger charge is 2.33. The molecule has 0 unspecified atom stereocenters. The Morgan fingerprint density at radius 1 is 1.00 bits per heavy atom. The molecule has 0 atom stereocenters. The molecule has 0 N–H and O–H groups in total. The normalized spacial score (nSPS) is 16.5. The van der Waals surface area contributed by atoms with Crippen LogP contribution in [0.25, 0.3) is 0 Å². The minimum Gasteiger partial charge on any atom is -0.296 e. The van der Waals surface area contributed by atoms with Crippen molar-refractivity contribution in [3.63, 3.8) is 0 Å². The van der Waals surface area contributed by atoms with E-state index >= 15 is 0 Å². The van der Waals surface area contributed by atoms with Crippen LogP contribution in [-0.2, 0) is 9.59 Å². The fourth-order valence-electron chi connectivity index (χ4n) is 1.57. The average molecular weight is 292 g/mol. The van der Waals surface area contributed by atoms with E-state index in [4.69, 9.17) is 0 Å². The number of amides is 2. The van der Waals surface area contributed by atoms with Gasteiger partial charge in [-0.3, -0.25) is 19.4 Å². The topological polar surface area (TPSA) is 133 Å². The maximum absolute atomic E-state index is 11.4. The summed E-state index contributed by atoms with van der Waals surface area (Å²) in [6.45, 7) is 0.515. The third-order valence-electron chi connectivity index (χ3n) is 2.69. The number of nitro groups is 2. The zero-order valence-electron chi connectivity index (χ0n) is 11.0. The first-order chi connectivity index (χ1) is 9.22. The average Bonchev–Trinajstić information content (AvgIpc) is 2.26. The summed E-state index contributed by atoms with van der Waals surface area (Å²) in [6.07, 6.45) is 0. The van der Waals surface area contributed by atoms with Crippen LogP contribution >= 0.6 is 0 Å². The Morgan fingerprint density at radius 2 is 1.60 bits per heavy atom. The molecule has 1 aliphatic rings. The fraction of sp³-hybridized carbons (Fsp3) is 0.750. The van der Waals surface area contributed by atoms with Gasteiger partial charge >= 0.3 is 0 Å². The van der Waals surface area contributed by atoms with Crippen LogP contribution in [0.15, 0.2) is 0 Å². The van der Waals surface area contributed by atoms with Crippen molar-refractivity contribution in [3.05, 3.63) is 20.2 Å². The highest BCUT2D eigenvalue weighted by Crippen LogP contribution is 2.07. The number of hydrazine groups is 2. The molecular weight excluding hydrogens is 278 g/mol. The number of hydrogen-bond acceptors (Lipinski definition) is 6. The summed E-state index contributed by atoms with van der Waals surface area (Å²) in [5.41, 5.74) is 0. The number of carbonyl (C=O) groups excluding carboxylic acids is 2. The Bertz CT molecular complexity index is 353. The largest absolute Gasteiger partial charge is 0.296 e. The fourth-order valence-corrected chi connectivity index (χ4v) is 1.57. The number of rotatable bonds is 2. The molecule has 0 saturated carbocycles. The third kappa shape index (κ3) is 3.66. The van der Waals surface area contributed by atoms with E-state index in [1.165, 1.54) is 0 Å². The van der Waals surface area contributed by atoms with Crippen LogP contribution in [0.3, 0.4) is 0 Å². The van der Waals surface area contributed by atoms with E-state index in [1.807, 2.05) is 0 Å². The van der Waals surface area contributed by atoms with E-state index in [-0.39, 0.29) is 0 Å². The van der Waals surface area contributed by atoms with Crippen LogP contribution < -0.4 is 0 Å². The molecule has 1 rings (SSSR count). The van der Waals surface area contributed by atoms with Crippen molar-refractivity contribution < 1.29 is 19.7 Å². The van der Waals surface area contributed by atoms with Crippen molar-refractivity contribution in [2.24, 2.45) is 0 Å². The van der Waals surface area contributed by atoms with Gasteiger partial charge in [0.05, 0.1) is 0 Å². The summed E-state index contributed by atoms with van der Waals surface area (Å²) in [5, 5.41) is 21.5. The molecule has 2 amide bonds. The predicted molar refractivity (Wildman–Crippen MR) is 62.2 cm³/mol. The molecule has 1 aliphatic heterocycles. The van der Waals surface area contributed by atoms with E-state index < -0.39 is 48.6 Å². The van der Waals surface area contributed by atoms with Gasteiger partial charge in [0.15, 0.2) is 36.7 Å². The summed E-state index contributed by atoms with van der Waals surface area (Å²) in [6, 6.07) is 0. The third-order valence-corrected chi connectivity index (χ3v) is 2.69. The van der Waals surface area contributed by atoms with Gasteiger partial charge in [-0.25, -0.2) is 20.2 Å². The Morgan fingerprint density at radius 3 is 2.00 bits per heavy atom. The Kier molecular flexibility index (Phi) is 4.61. The van der Waals surface area contributed by atoms with Crippen molar-refractivity contribution in [3.8, 4) is 0 Å². The summed E-state index contributed by atoms with van der Waals surface area (Å²) >= 11 is 0. The zero-order chi connectivity index (χ0) is 15.4. The molecule has 0 radical (unpaired) electrons. The van der Waals surface area contributed by atoms with Gasteiger partial charge < -0.3 is 0 Å². The second-order valence-corrected chi connectivity index (χ2v) is 4.17. The summed E-state index contributed by atoms with van der Waals surface area (Å²) in [5.74, 6) is -1.08. The molecular formula is C8H14N6O6. The van der Waals surface area contributed by atoms with Gasteiger partial charge in [0.2, 0.25) is 11.8 Å². The van der Waals surface area contributed by atoms with E-state index in [0.29, 0.717) is 10.0 Å². The molecule has 12 nitrogen and oxygen atoms in total. The molecule has 0 aromatic carbocycles. The van der Waals surface area contributed by atoms with Crippen LogP contribution in [0.5, 0.6) is 0 Å². The summed E-state index contributed by atoms with van der Waals surface area (Å²) < 4.78 is 0.